The van der Waals surface area contributed by atoms with Gasteiger partial charge in [-0.1, -0.05) is 15.9 Å². The van der Waals surface area contributed by atoms with Crippen molar-refractivity contribution >= 4 is 21.8 Å². The highest BCUT2D eigenvalue weighted by Gasteiger charge is 2.21. The van der Waals surface area contributed by atoms with E-state index in [0.717, 1.165) is 55.7 Å². The van der Waals surface area contributed by atoms with E-state index in [1.807, 2.05) is 24.0 Å². The summed E-state index contributed by atoms with van der Waals surface area (Å²) in [6.07, 6.45) is 2.77. The molecule has 0 aliphatic carbocycles. The Kier molecular flexibility index (Phi) is 5.34. The molecule has 1 fully saturated rings. The third-order valence-electron chi connectivity index (χ3n) is 3.51. The summed E-state index contributed by atoms with van der Waals surface area (Å²) in [5.41, 5.74) is 1.55. The SMILES string of the molecule is Cc1ncccc1C(=O)N1CCCN(CCBr)CC1. The van der Waals surface area contributed by atoms with E-state index in [1.165, 1.54) is 0 Å². The first-order chi connectivity index (χ1) is 9.22. The van der Waals surface area contributed by atoms with Gasteiger partial charge in [0, 0.05) is 43.4 Å². The molecule has 1 aromatic rings. The molecule has 1 aliphatic heterocycles. The van der Waals surface area contributed by atoms with Gasteiger partial charge in [-0.05, 0) is 32.0 Å². The van der Waals surface area contributed by atoms with Gasteiger partial charge >= 0.3 is 0 Å². The molecule has 5 heteroatoms. The van der Waals surface area contributed by atoms with Gasteiger partial charge in [0.15, 0.2) is 0 Å². The minimum atomic E-state index is 0.117. The number of nitrogens with zero attached hydrogens (tertiary/aromatic N) is 3. The second-order valence-corrected chi connectivity index (χ2v) is 5.61. The van der Waals surface area contributed by atoms with Crippen LogP contribution in [-0.4, -0.2) is 58.7 Å². The van der Waals surface area contributed by atoms with Crippen molar-refractivity contribution in [1.29, 1.82) is 0 Å². The molecule has 0 N–H and O–H groups in total. The van der Waals surface area contributed by atoms with Crippen molar-refractivity contribution in [3.05, 3.63) is 29.6 Å². The standard InChI is InChI=1S/C14H20BrN3O/c1-12-13(4-2-6-16-12)14(19)18-8-3-7-17(9-5-15)10-11-18/h2,4,6H,3,5,7-11H2,1H3. The molecule has 0 spiro atoms. The zero-order valence-corrected chi connectivity index (χ0v) is 12.9. The lowest BCUT2D eigenvalue weighted by Gasteiger charge is -2.22. The van der Waals surface area contributed by atoms with Crippen molar-refractivity contribution in [1.82, 2.24) is 14.8 Å². The van der Waals surface area contributed by atoms with Crippen LogP contribution in [0.4, 0.5) is 0 Å². The molecule has 0 unspecified atom stereocenters. The minimum Gasteiger partial charge on any atom is -0.337 e. The van der Waals surface area contributed by atoms with Crippen LogP contribution in [0.15, 0.2) is 18.3 Å². The van der Waals surface area contributed by atoms with E-state index in [4.69, 9.17) is 0 Å². The van der Waals surface area contributed by atoms with E-state index in [9.17, 15) is 4.79 Å². The van der Waals surface area contributed by atoms with Gasteiger partial charge in [0.25, 0.3) is 5.91 Å². The van der Waals surface area contributed by atoms with Crippen LogP contribution in [0.2, 0.25) is 0 Å². The molecule has 19 heavy (non-hydrogen) atoms. The van der Waals surface area contributed by atoms with Gasteiger partial charge in [0.2, 0.25) is 0 Å². The summed E-state index contributed by atoms with van der Waals surface area (Å²) in [5.74, 6) is 0.117. The maximum absolute atomic E-state index is 12.5. The molecule has 0 radical (unpaired) electrons. The summed E-state index contributed by atoms with van der Waals surface area (Å²) < 4.78 is 0. The molecule has 1 amide bonds. The van der Waals surface area contributed by atoms with Crippen LogP contribution in [-0.2, 0) is 0 Å². The third-order valence-corrected chi connectivity index (χ3v) is 3.87. The second kappa shape index (κ2) is 7.01. The molecule has 4 nitrogen and oxygen atoms in total. The van der Waals surface area contributed by atoms with E-state index in [1.54, 1.807) is 6.20 Å². The van der Waals surface area contributed by atoms with Crippen molar-refractivity contribution in [2.24, 2.45) is 0 Å². The van der Waals surface area contributed by atoms with Crippen molar-refractivity contribution < 1.29 is 4.79 Å². The van der Waals surface area contributed by atoms with Crippen LogP contribution >= 0.6 is 15.9 Å². The van der Waals surface area contributed by atoms with Gasteiger partial charge in [0.1, 0.15) is 0 Å². The van der Waals surface area contributed by atoms with Gasteiger partial charge in [0.05, 0.1) is 5.56 Å². The Bertz CT molecular complexity index is 438. The lowest BCUT2D eigenvalue weighted by molar-refractivity contribution is 0.0760. The van der Waals surface area contributed by atoms with Gasteiger partial charge in [-0.2, -0.15) is 0 Å². The van der Waals surface area contributed by atoms with Crippen LogP contribution < -0.4 is 0 Å². The normalized spacial score (nSPS) is 17.3. The Hall–Kier alpha value is -0.940. The number of amides is 1. The summed E-state index contributed by atoms with van der Waals surface area (Å²) in [6, 6.07) is 3.70. The zero-order chi connectivity index (χ0) is 13.7. The van der Waals surface area contributed by atoms with Crippen molar-refractivity contribution in [2.45, 2.75) is 13.3 Å². The number of alkyl halides is 1. The molecule has 0 aromatic carbocycles. The monoisotopic (exact) mass is 325 g/mol. The van der Waals surface area contributed by atoms with Gasteiger partial charge in [-0.3, -0.25) is 9.78 Å². The van der Waals surface area contributed by atoms with Crippen molar-refractivity contribution in [3.8, 4) is 0 Å². The lowest BCUT2D eigenvalue weighted by atomic mass is 10.2. The van der Waals surface area contributed by atoms with Gasteiger partial charge < -0.3 is 9.80 Å². The zero-order valence-electron chi connectivity index (χ0n) is 11.3. The minimum absolute atomic E-state index is 0.117. The highest BCUT2D eigenvalue weighted by atomic mass is 79.9. The molecular weight excluding hydrogens is 306 g/mol. The number of aromatic nitrogens is 1. The van der Waals surface area contributed by atoms with Crippen LogP contribution in [0, 0.1) is 6.92 Å². The Morgan fingerprint density at radius 1 is 1.37 bits per heavy atom. The van der Waals surface area contributed by atoms with Crippen molar-refractivity contribution in [2.75, 3.05) is 38.1 Å². The van der Waals surface area contributed by atoms with Crippen molar-refractivity contribution in [3.63, 3.8) is 0 Å². The Balaban J connectivity index is 2.02. The fraction of sp³-hybridized carbons (Fsp3) is 0.571. The number of halogens is 1. The molecule has 1 saturated heterocycles. The summed E-state index contributed by atoms with van der Waals surface area (Å²) in [4.78, 5) is 21.1. The lowest BCUT2D eigenvalue weighted by Crippen LogP contribution is -2.36. The highest BCUT2D eigenvalue weighted by molar-refractivity contribution is 9.09. The average Bonchev–Trinajstić information content (AvgIpc) is 2.65. The van der Waals surface area contributed by atoms with Crippen LogP contribution in [0.25, 0.3) is 0 Å². The topological polar surface area (TPSA) is 36.4 Å². The smallest absolute Gasteiger partial charge is 0.255 e. The average molecular weight is 326 g/mol. The van der Waals surface area contributed by atoms with E-state index < -0.39 is 0 Å². The summed E-state index contributed by atoms with van der Waals surface area (Å²) in [5, 5.41) is 0.989. The summed E-state index contributed by atoms with van der Waals surface area (Å²) in [7, 11) is 0. The van der Waals surface area contributed by atoms with E-state index in [0.29, 0.717) is 0 Å². The first-order valence-corrected chi connectivity index (χ1v) is 7.83. The first kappa shape index (κ1) is 14.5. The van der Waals surface area contributed by atoms with Gasteiger partial charge in [-0.25, -0.2) is 0 Å². The molecule has 1 aliphatic rings. The van der Waals surface area contributed by atoms with E-state index >= 15 is 0 Å². The highest BCUT2D eigenvalue weighted by Crippen LogP contribution is 2.11. The largest absolute Gasteiger partial charge is 0.337 e. The van der Waals surface area contributed by atoms with Crippen LogP contribution in [0.1, 0.15) is 22.5 Å². The molecule has 0 bridgehead atoms. The Morgan fingerprint density at radius 3 is 2.95 bits per heavy atom. The molecule has 0 saturated carbocycles. The number of carbonyl (C=O) groups excluding carboxylic acids is 1. The first-order valence-electron chi connectivity index (χ1n) is 6.71. The quantitative estimate of drug-likeness (QED) is 0.797. The predicted molar refractivity (Wildman–Crippen MR) is 79.7 cm³/mol. The molecule has 0 atom stereocenters. The molecule has 2 heterocycles. The fourth-order valence-corrected chi connectivity index (χ4v) is 2.90. The third kappa shape index (κ3) is 3.76. The number of rotatable bonds is 3. The number of aryl methyl sites for hydroxylation is 1. The van der Waals surface area contributed by atoms with E-state index in [2.05, 4.69) is 25.8 Å². The number of hydrogen-bond acceptors (Lipinski definition) is 3. The molecular formula is C14H20BrN3O. The van der Waals surface area contributed by atoms with E-state index in [-0.39, 0.29) is 5.91 Å². The summed E-state index contributed by atoms with van der Waals surface area (Å²) in [6.45, 7) is 6.61. The fourth-order valence-electron chi connectivity index (χ4n) is 2.40. The number of pyridine rings is 1. The maximum atomic E-state index is 12.5. The predicted octanol–water partition coefficient (Wildman–Crippen LogP) is 1.93. The molecule has 1 aromatic heterocycles. The number of carbonyl (C=O) groups is 1. The van der Waals surface area contributed by atoms with Gasteiger partial charge in [-0.15, -0.1) is 0 Å². The molecule has 2 rings (SSSR count). The summed E-state index contributed by atoms with van der Waals surface area (Å²) >= 11 is 3.47. The van der Waals surface area contributed by atoms with Crippen LogP contribution in [0.3, 0.4) is 0 Å². The van der Waals surface area contributed by atoms with Crippen LogP contribution in [0.5, 0.6) is 0 Å². The number of hydrogen-bond donors (Lipinski definition) is 0. The second-order valence-electron chi connectivity index (χ2n) is 4.81. The Morgan fingerprint density at radius 2 is 2.21 bits per heavy atom. The molecule has 104 valence electrons. The Labute approximate surface area is 122 Å². The maximum Gasteiger partial charge on any atom is 0.255 e.